The number of pyridine rings is 4. The summed E-state index contributed by atoms with van der Waals surface area (Å²) in [7, 11) is 0. The second-order valence-corrected chi connectivity index (χ2v) is 13.9. The molecule has 1 aromatic carbocycles. The number of hydrogen-bond donors (Lipinski definition) is 1. The minimum absolute atomic E-state index is 0.0207. The molecule has 0 amide bonds. The van der Waals surface area contributed by atoms with Crippen LogP contribution in [-0.4, -0.2) is 19.9 Å². The van der Waals surface area contributed by atoms with Gasteiger partial charge in [0.2, 0.25) is 0 Å². The van der Waals surface area contributed by atoms with Crippen molar-refractivity contribution < 1.29 is 0 Å². The summed E-state index contributed by atoms with van der Waals surface area (Å²) in [4.78, 5) is 19.9. The molecule has 0 saturated heterocycles. The second-order valence-electron chi connectivity index (χ2n) is 13.9. The number of aromatic nitrogens is 4. The van der Waals surface area contributed by atoms with E-state index in [1.54, 1.807) is 0 Å². The lowest BCUT2D eigenvalue weighted by molar-refractivity contribution is 0.586. The van der Waals surface area contributed by atoms with Gasteiger partial charge in [-0.15, -0.1) is 0 Å². The molecule has 0 unspecified atom stereocenters. The van der Waals surface area contributed by atoms with Crippen LogP contribution in [0.5, 0.6) is 0 Å². The Balaban J connectivity index is 1.64. The summed E-state index contributed by atoms with van der Waals surface area (Å²) < 4.78 is 0. The molecule has 0 spiro atoms. The van der Waals surface area contributed by atoms with Crippen LogP contribution in [0.15, 0.2) is 79.0 Å². The summed E-state index contributed by atoms with van der Waals surface area (Å²) in [5, 5.41) is 4.79. The van der Waals surface area contributed by atoms with Crippen LogP contribution in [0.2, 0.25) is 0 Å². The van der Waals surface area contributed by atoms with Crippen molar-refractivity contribution in [1.29, 1.82) is 0 Å². The van der Waals surface area contributed by atoms with E-state index in [1.165, 1.54) is 5.56 Å². The summed E-state index contributed by atoms with van der Waals surface area (Å²) in [5.41, 5.74) is 7.52. The van der Waals surface area contributed by atoms with Crippen molar-refractivity contribution in [1.82, 2.24) is 19.9 Å². The second kappa shape index (κ2) is 10.4. The lowest BCUT2D eigenvalue weighted by Crippen LogP contribution is -2.18. The van der Waals surface area contributed by atoms with Crippen LogP contribution in [0, 0.1) is 0 Å². The largest absolute Gasteiger partial charge is 0.324 e. The molecule has 0 radical (unpaired) electrons. The van der Waals surface area contributed by atoms with Crippen molar-refractivity contribution in [2.75, 3.05) is 5.32 Å². The van der Waals surface area contributed by atoms with Crippen LogP contribution in [-0.2, 0) is 16.2 Å². The molecule has 4 aromatic heterocycles. The third-order valence-corrected chi connectivity index (χ3v) is 7.39. The molecule has 5 nitrogen and oxygen atoms in total. The third kappa shape index (κ3) is 6.14. The zero-order valence-electron chi connectivity index (χ0n) is 25.8. The quantitative estimate of drug-likeness (QED) is 0.245. The fourth-order valence-electron chi connectivity index (χ4n) is 4.96. The number of nitrogens with one attached hydrogen (secondary N) is 1. The van der Waals surface area contributed by atoms with E-state index in [0.717, 1.165) is 56.4 Å². The van der Waals surface area contributed by atoms with Gasteiger partial charge in [-0.2, -0.15) is 0 Å². The lowest BCUT2D eigenvalue weighted by Gasteiger charge is -2.26. The van der Waals surface area contributed by atoms with Gasteiger partial charge in [-0.05, 0) is 58.2 Å². The maximum absolute atomic E-state index is 5.17. The number of rotatable bonds is 4. The number of benzene rings is 1. The zero-order chi connectivity index (χ0) is 29.6. The molecular formula is C36H41N5. The Labute approximate surface area is 244 Å². The van der Waals surface area contributed by atoms with Gasteiger partial charge in [-0.1, -0.05) is 98.7 Å². The molecule has 0 aliphatic carbocycles. The fourth-order valence-corrected chi connectivity index (χ4v) is 4.96. The molecule has 210 valence electrons. The molecule has 0 aliphatic rings. The molecule has 5 rings (SSSR count). The van der Waals surface area contributed by atoms with Crippen molar-refractivity contribution >= 4 is 22.5 Å². The number of nitrogens with zero attached hydrogens (tertiary/aromatic N) is 4. The van der Waals surface area contributed by atoms with Gasteiger partial charge < -0.3 is 5.32 Å². The van der Waals surface area contributed by atoms with E-state index >= 15 is 0 Å². The summed E-state index contributed by atoms with van der Waals surface area (Å²) in [6, 6.07) is 25.0. The maximum Gasteiger partial charge on any atom is 0.136 e. The maximum atomic E-state index is 5.17. The number of hydrogen-bond acceptors (Lipinski definition) is 5. The highest BCUT2D eigenvalue weighted by Gasteiger charge is 2.25. The van der Waals surface area contributed by atoms with E-state index in [1.807, 2.05) is 30.5 Å². The zero-order valence-corrected chi connectivity index (χ0v) is 25.8. The van der Waals surface area contributed by atoms with Crippen molar-refractivity contribution in [3.05, 3.63) is 95.7 Å². The van der Waals surface area contributed by atoms with Crippen LogP contribution in [0.25, 0.3) is 33.7 Å². The first-order chi connectivity index (χ1) is 19.2. The van der Waals surface area contributed by atoms with Gasteiger partial charge in [0.25, 0.3) is 0 Å². The predicted molar refractivity (Wildman–Crippen MR) is 172 cm³/mol. The SMILES string of the molecule is CC(C)(C)c1ccnc(-c2ccc(C(C)(C)C)c(Nc3nc(-c4ccc5ccccc5n4)ccc3C(C)(C)C)n2)c1. The molecule has 4 heterocycles. The van der Waals surface area contributed by atoms with Crippen LogP contribution >= 0.6 is 0 Å². The molecule has 1 N–H and O–H groups in total. The molecule has 0 atom stereocenters. The Kier molecular flexibility index (Phi) is 7.19. The van der Waals surface area contributed by atoms with Gasteiger partial charge in [0.1, 0.15) is 11.6 Å². The molecule has 5 heteroatoms. The standard InChI is InChI=1S/C36H41N5/c1-34(2,3)24-20-21-37-31(22-24)30-19-16-26(36(7,8)9)33(40-30)41-32-25(35(4,5)6)15-18-29(39-32)28-17-14-23-12-10-11-13-27(23)38-28/h10-22H,1-9H3,(H,39,40,41). The smallest absolute Gasteiger partial charge is 0.136 e. The van der Waals surface area contributed by atoms with Crippen molar-refractivity contribution in [3.8, 4) is 22.8 Å². The van der Waals surface area contributed by atoms with Crippen molar-refractivity contribution in [2.45, 2.75) is 78.6 Å². The molecule has 0 saturated carbocycles. The number of para-hydroxylation sites is 1. The molecular weight excluding hydrogens is 502 g/mol. The van der Waals surface area contributed by atoms with Gasteiger partial charge >= 0.3 is 0 Å². The van der Waals surface area contributed by atoms with Gasteiger partial charge in [0.05, 0.1) is 28.3 Å². The van der Waals surface area contributed by atoms with Gasteiger partial charge in [0, 0.05) is 22.7 Å². The summed E-state index contributed by atoms with van der Waals surface area (Å²) in [6.45, 7) is 19.9. The highest BCUT2D eigenvalue weighted by atomic mass is 15.1. The van der Waals surface area contributed by atoms with E-state index in [-0.39, 0.29) is 16.2 Å². The summed E-state index contributed by atoms with van der Waals surface area (Å²) in [5.74, 6) is 1.58. The molecule has 0 aliphatic heterocycles. The Morgan fingerprint density at radius 2 is 1.05 bits per heavy atom. The van der Waals surface area contributed by atoms with Crippen molar-refractivity contribution in [3.63, 3.8) is 0 Å². The third-order valence-electron chi connectivity index (χ3n) is 7.39. The van der Waals surface area contributed by atoms with Crippen LogP contribution in [0.4, 0.5) is 11.6 Å². The molecule has 41 heavy (non-hydrogen) atoms. The van der Waals surface area contributed by atoms with Gasteiger partial charge in [-0.3, -0.25) is 4.98 Å². The van der Waals surface area contributed by atoms with Crippen LogP contribution < -0.4 is 5.32 Å². The van der Waals surface area contributed by atoms with Crippen LogP contribution in [0.1, 0.15) is 79.0 Å². The first-order valence-electron chi connectivity index (χ1n) is 14.3. The first kappa shape index (κ1) is 28.4. The summed E-state index contributed by atoms with van der Waals surface area (Å²) >= 11 is 0. The molecule has 0 bridgehead atoms. The van der Waals surface area contributed by atoms with Crippen molar-refractivity contribution in [2.24, 2.45) is 0 Å². The van der Waals surface area contributed by atoms with Gasteiger partial charge in [-0.25, -0.2) is 15.0 Å². The molecule has 5 aromatic rings. The Bertz CT molecular complexity index is 1720. The average molecular weight is 544 g/mol. The minimum Gasteiger partial charge on any atom is -0.324 e. The Hall–Kier alpha value is -4.12. The van der Waals surface area contributed by atoms with E-state index < -0.39 is 0 Å². The predicted octanol–water partition coefficient (Wildman–Crippen LogP) is 9.39. The van der Waals surface area contributed by atoms with Crippen LogP contribution in [0.3, 0.4) is 0 Å². The Morgan fingerprint density at radius 3 is 1.63 bits per heavy atom. The topological polar surface area (TPSA) is 63.6 Å². The van der Waals surface area contributed by atoms with E-state index in [9.17, 15) is 0 Å². The Morgan fingerprint density at radius 1 is 0.512 bits per heavy atom. The summed E-state index contributed by atoms with van der Waals surface area (Å²) in [6.07, 6.45) is 1.88. The highest BCUT2D eigenvalue weighted by Crippen LogP contribution is 2.37. The lowest BCUT2D eigenvalue weighted by atomic mass is 9.85. The number of anilines is 2. The van der Waals surface area contributed by atoms with E-state index in [2.05, 4.69) is 121 Å². The fraction of sp³-hybridized carbons (Fsp3) is 0.333. The molecule has 0 fully saturated rings. The first-order valence-corrected chi connectivity index (χ1v) is 14.3. The van der Waals surface area contributed by atoms with Gasteiger partial charge in [0.15, 0.2) is 0 Å². The van der Waals surface area contributed by atoms with E-state index in [0.29, 0.717) is 0 Å². The average Bonchev–Trinajstić information content (AvgIpc) is 2.91. The monoisotopic (exact) mass is 543 g/mol. The normalized spacial score (nSPS) is 12.5. The van der Waals surface area contributed by atoms with E-state index in [4.69, 9.17) is 15.0 Å². The minimum atomic E-state index is -0.132. The highest BCUT2D eigenvalue weighted by molar-refractivity contribution is 5.81. The number of fused-ring (bicyclic) bond motifs is 1.